The van der Waals surface area contributed by atoms with Crippen molar-refractivity contribution < 1.29 is 9.90 Å². The topological polar surface area (TPSA) is 49.3 Å². The molecule has 1 saturated carbocycles. The molecule has 106 valence electrons. The lowest BCUT2D eigenvalue weighted by Crippen LogP contribution is -2.24. The Labute approximate surface area is 120 Å². The minimum atomic E-state index is -0.0105. The monoisotopic (exact) mass is 271 g/mol. The zero-order valence-electron chi connectivity index (χ0n) is 11.9. The second-order valence-corrected chi connectivity index (χ2v) is 5.29. The molecule has 0 saturated heterocycles. The van der Waals surface area contributed by atoms with Crippen LogP contribution in [0.15, 0.2) is 18.2 Å². The molecule has 0 atom stereocenters. The molecule has 1 amide bonds. The Morgan fingerprint density at radius 1 is 1.45 bits per heavy atom. The molecule has 0 radical (unpaired) electrons. The third kappa shape index (κ3) is 4.40. The number of benzene rings is 1. The normalized spacial score (nSPS) is 13.5. The number of aliphatic hydroxyl groups is 1. The summed E-state index contributed by atoms with van der Waals surface area (Å²) in [6.07, 6.45) is 4.20. The average molecular weight is 271 g/mol. The Bertz CT molecular complexity index is 536. The molecule has 0 aromatic heterocycles. The zero-order chi connectivity index (χ0) is 14.4. The molecule has 1 fully saturated rings. The van der Waals surface area contributed by atoms with Crippen molar-refractivity contribution in [3.63, 3.8) is 0 Å². The van der Waals surface area contributed by atoms with Gasteiger partial charge in [0, 0.05) is 24.1 Å². The molecular weight excluding hydrogens is 250 g/mol. The van der Waals surface area contributed by atoms with Gasteiger partial charge in [-0.1, -0.05) is 24.7 Å². The van der Waals surface area contributed by atoms with E-state index < -0.39 is 0 Å². The highest BCUT2D eigenvalue weighted by molar-refractivity contribution is 5.94. The van der Waals surface area contributed by atoms with Gasteiger partial charge in [0.1, 0.15) is 0 Å². The van der Waals surface area contributed by atoms with E-state index in [-0.39, 0.29) is 12.5 Å². The van der Waals surface area contributed by atoms with Crippen molar-refractivity contribution >= 4 is 5.91 Å². The molecule has 0 aliphatic heterocycles. The Morgan fingerprint density at radius 2 is 2.25 bits per heavy atom. The highest BCUT2D eigenvalue weighted by Gasteiger charge is 2.20. The van der Waals surface area contributed by atoms with Crippen LogP contribution in [0.4, 0.5) is 0 Å². The highest BCUT2D eigenvalue weighted by atomic mass is 16.2. The number of hydrogen-bond donors (Lipinski definition) is 2. The van der Waals surface area contributed by atoms with E-state index in [1.54, 1.807) is 0 Å². The standard InChI is InChI=1S/C17H21NO2/c1-13-12-16(8-7-15(13)4-2-3-11-19)17(20)18-10-9-14-5-6-14/h7-8,12,14,19H,3,5-6,9-11H2,1H3,(H,18,20). The van der Waals surface area contributed by atoms with E-state index in [1.807, 2.05) is 25.1 Å². The van der Waals surface area contributed by atoms with Crippen LogP contribution in [0.5, 0.6) is 0 Å². The summed E-state index contributed by atoms with van der Waals surface area (Å²) in [4.78, 5) is 12.0. The maximum atomic E-state index is 12.0. The van der Waals surface area contributed by atoms with E-state index in [1.165, 1.54) is 12.8 Å². The van der Waals surface area contributed by atoms with Crippen molar-refractivity contribution in [2.24, 2.45) is 5.92 Å². The molecule has 3 heteroatoms. The first-order chi connectivity index (χ1) is 9.70. The van der Waals surface area contributed by atoms with Crippen LogP contribution in [0, 0.1) is 24.7 Å². The molecule has 0 spiro atoms. The third-order valence-electron chi connectivity index (χ3n) is 3.48. The first-order valence-electron chi connectivity index (χ1n) is 7.19. The minimum absolute atomic E-state index is 0.0105. The van der Waals surface area contributed by atoms with Crippen LogP contribution in [-0.4, -0.2) is 24.2 Å². The summed E-state index contributed by atoms with van der Waals surface area (Å²) in [6, 6.07) is 5.55. The van der Waals surface area contributed by atoms with Gasteiger partial charge in [0.05, 0.1) is 6.61 Å². The van der Waals surface area contributed by atoms with Gasteiger partial charge in [0.15, 0.2) is 0 Å². The van der Waals surface area contributed by atoms with Crippen LogP contribution in [-0.2, 0) is 0 Å². The Hall–Kier alpha value is -1.79. The number of carbonyl (C=O) groups excluding carboxylic acids is 1. The fraction of sp³-hybridized carbons (Fsp3) is 0.471. The first kappa shape index (κ1) is 14.6. The van der Waals surface area contributed by atoms with Crippen molar-refractivity contribution in [2.45, 2.75) is 32.6 Å². The molecule has 1 aliphatic carbocycles. The van der Waals surface area contributed by atoms with Gasteiger partial charge in [-0.2, -0.15) is 0 Å². The third-order valence-corrected chi connectivity index (χ3v) is 3.48. The van der Waals surface area contributed by atoms with Crippen LogP contribution in [0.3, 0.4) is 0 Å². The molecule has 2 rings (SSSR count). The minimum Gasteiger partial charge on any atom is -0.395 e. The summed E-state index contributed by atoms with van der Waals surface area (Å²) in [5.41, 5.74) is 2.59. The molecule has 0 unspecified atom stereocenters. The van der Waals surface area contributed by atoms with Gasteiger partial charge >= 0.3 is 0 Å². The summed E-state index contributed by atoms with van der Waals surface area (Å²) in [5.74, 6) is 6.72. The van der Waals surface area contributed by atoms with Crippen molar-refractivity contribution in [3.05, 3.63) is 34.9 Å². The lowest BCUT2D eigenvalue weighted by Gasteiger charge is -2.06. The van der Waals surface area contributed by atoms with Crippen molar-refractivity contribution in [1.29, 1.82) is 0 Å². The quantitative estimate of drug-likeness (QED) is 0.807. The number of aryl methyl sites for hydroxylation is 1. The van der Waals surface area contributed by atoms with Crippen molar-refractivity contribution in [2.75, 3.05) is 13.2 Å². The van der Waals surface area contributed by atoms with Gasteiger partial charge in [0.2, 0.25) is 0 Å². The summed E-state index contributed by atoms with van der Waals surface area (Å²) in [5, 5.41) is 11.7. The van der Waals surface area contributed by atoms with Crippen LogP contribution >= 0.6 is 0 Å². The van der Waals surface area contributed by atoms with Gasteiger partial charge < -0.3 is 10.4 Å². The van der Waals surface area contributed by atoms with Gasteiger partial charge in [-0.05, 0) is 43.0 Å². The van der Waals surface area contributed by atoms with Crippen LogP contribution in [0.2, 0.25) is 0 Å². The van der Waals surface area contributed by atoms with Crippen LogP contribution in [0.25, 0.3) is 0 Å². The fourth-order valence-corrected chi connectivity index (χ4v) is 2.06. The van der Waals surface area contributed by atoms with Gasteiger partial charge in [0.25, 0.3) is 5.91 Å². The van der Waals surface area contributed by atoms with E-state index in [0.717, 1.165) is 30.0 Å². The molecule has 1 aliphatic rings. The smallest absolute Gasteiger partial charge is 0.251 e. The average Bonchev–Trinajstić information content (AvgIpc) is 3.25. The number of nitrogens with one attached hydrogen (secondary N) is 1. The van der Waals surface area contributed by atoms with E-state index >= 15 is 0 Å². The SMILES string of the molecule is Cc1cc(C(=O)NCCC2CC2)ccc1C#CCCO. The van der Waals surface area contributed by atoms with E-state index in [9.17, 15) is 4.79 Å². The molecule has 2 N–H and O–H groups in total. The van der Waals surface area contributed by atoms with Gasteiger partial charge in [-0.15, -0.1) is 0 Å². The largest absolute Gasteiger partial charge is 0.395 e. The summed E-state index contributed by atoms with van der Waals surface area (Å²) in [6.45, 7) is 2.79. The number of aliphatic hydroxyl groups excluding tert-OH is 1. The highest BCUT2D eigenvalue weighted by Crippen LogP contribution is 2.31. The summed E-state index contributed by atoms with van der Waals surface area (Å²) in [7, 11) is 0. The fourth-order valence-electron chi connectivity index (χ4n) is 2.06. The maximum absolute atomic E-state index is 12.0. The lowest BCUT2D eigenvalue weighted by atomic mass is 10.0. The molecule has 1 aromatic rings. The Balaban J connectivity index is 1.93. The number of amides is 1. The zero-order valence-corrected chi connectivity index (χ0v) is 11.9. The number of rotatable bonds is 5. The van der Waals surface area contributed by atoms with Crippen LogP contribution < -0.4 is 5.32 Å². The molecule has 20 heavy (non-hydrogen) atoms. The van der Waals surface area contributed by atoms with E-state index in [0.29, 0.717) is 12.0 Å². The van der Waals surface area contributed by atoms with Crippen LogP contribution in [0.1, 0.15) is 47.2 Å². The Morgan fingerprint density at radius 3 is 2.90 bits per heavy atom. The molecular formula is C17H21NO2. The summed E-state index contributed by atoms with van der Waals surface area (Å²) < 4.78 is 0. The van der Waals surface area contributed by atoms with E-state index in [2.05, 4.69) is 17.2 Å². The van der Waals surface area contributed by atoms with Gasteiger partial charge in [-0.3, -0.25) is 4.79 Å². The molecule has 0 heterocycles. The number of hydrogen-bond acceptors (Lipinski definition) is 2. The predicted octanol–water partition coefficient (Wildman–Crippen LogP) is 2.26. The molecule has 0 bridgehead atoms. The number of carbonyl (C=O) groups is 1. The summed E-state index contributed by atoms with van der Waals surface area (Å²) >= 11 is 0. The first-order valence-corrected chi connectivity index (χ1v) is 7.19. The predicted molar refractivity (Wildman–Crippen MR) is 79.4 cm³/mol. The Kier molecular flexibility index (Phi) is 5.20. The second kappa shape index (κ2) is 7.12. The van der Waals surface area contributed by atoms with Crippen molar-refractivity contribution in [3.8, 4) is 11.8 Å². The lowest BCUT2D eigenvalue weighted by molar-refractivity contribution is 0.0952. The molecule has 3 nitrogen and oxygen atoms in total. The van der Waals surface area contributed by atoms with E-state index in [4.69, 9.17) is 5.11 Å². The van der Waals surface area contributed by atoms with Gasteiger partial charge in [-0.25, -0.2) is 0 Å². The maximum Gasteiger partial charge on any atom is 0.251 e. The second-order valence-electron chi connectivity index (χ2n) is 5.29. The molecule has 1 aromatic carbocycles. The van der Waals surface area contributed by atoms with Crippen molar-refractivity contribution in [1.82, 2.24) is 5.32 Å².